The Kier molecular flexibility index (Phi) is 6.35. The van der Waals surface area contributed by atoms with Gasteiger partial charge >= 0.3 is 0 Å². The molecule has 3 aliphatic heterocycles. The number of aryl methyl sites for hydroxylation is 1. The van der Waals surface area contributed by atoms with E-state index in [0.717, 1.165) is 46.6 Å². The zero-order chi connectivity index (χ0) is 27.3. The Morgan fingerprint density at radius 3 is 2.51 bits per heavy atom. The first-order valence-corrected chi connectivity index (χ1v) is 13.6. The van der Waals surface area contributed by atoms with E-state index < -0.39 is 0 Å². The molecule has 0 bridgehead atoms. The van der Waals surface area contributed by atoms with Crippen molar-refractivity contribution in [2.24, 2.45) is 10.3 Å². The van der Waals surface area contributed by atoms with Crippen molar-refractivity contribution in [3.05, 3.63) is 48.6 Å². The van der Waals surface area contributed by atoms with Gasteiger partial charge in [0.05, 0.1) is 18.9 Å². The second kappa shape index (κ2) is 9.73. The molecule has 2 N–H and O–H groups in total. The molecule has 1 amide bonds. The van der Waals surface area contributed by atoms with E-state index in [1.807, 2.05) is 15.6 Å². The molecule has 3 atom stereocenters. The number of nitrogens with two attached hydrogens (primary N) is 1. The number of rotatable bonds is 4. The highest BCUT2D eigenvalue weighted by atomic mass is 16.5. The number of fused-ring (bicyclic) bond motifs is 1. The predicted molar refractivity (Wildman–Crippen MR) is 151 cm³/mol. The summed E-state index contributed by atoms with van der Waals surface area (Å²) in [6.07, 6.45) is 7.01. The SMILES string of the molecule is CC(=O)N1C[C@@H](C)N(c2cc(C)cc(-c3cc([N+]4(C5CCOCC5)C=CN=N4)c4c(N)ncnn34)c2)[C@@H](C)C1. The number of nitrogens with zero attached hydrogens (tertiary/aromatic N) is 8. The van der Waals surface area contributed by atoms with E-state index in [9.17, 15) is 4.79 Å². The normalized spacial score (nSPS) is 25.6. The number of ether oxygens (including phenoxy) is 1. The summed E-state index contributed by atoms with van der Waals surface area (Å²) in [5, 5.41) is 13.7. The van der Waals surface area contributed by atoms with Gasteiger partial charge in [-0.3, -0.25) is 4.79 Å². The molecule has 39 heavy (non-hydrogen) atoms. The van der Waals surface area contributed by atoms with Crippen LogP contribution in [0.2, 0.25) is 0 Å². The summed E-state index contributed by atoms with van der Waals surface area (Å²) in [5.41, 5.74) is 12.4. The van der Waals surface area contributed by atoms with Crippen LogP contribution in [0.4, 0.5) is 17.2 Å². The predicted octanol–water partition coefficient (Wildman–Crippen LogP) is 4.07. The molecule has 2 saturated heterocycles. The molecular formula is C28H36N9O2+. The molecule has 11 nitrogen and oxygen atoms in total. The molecule has 0 spiro atoms. The number of nitrogen functional groups attached to an aromatic ring is 1. The van der Waals surface area contributed by atoms with E-state index in [4.69, 9.17) is 15.7 Å². The highest BCUT2D eigenvalue weighted by molar-refractivity contribution is 5.88. The first-order valence-electron chi connectivity index (χ1n) is 13.6. The van der Waals surface area contributed by atoms with E-state index >= 15 is 0 Å². The van der Waals surface area contributed by atoms with Crippen LogP contribution in [0.1, 0.15) is 39.2 Å². The molecule has 11 heteroatoms. The number of carbonyl (C=O) groups excluding carboxylic acids is 1. The van der Waals surface area contributed by atoms with E-state index in [1.54, 1.807) is 13.1 Å². The Bertz CT molecular complexity index is 1450. The van der Waals surface area contributed by atoms with E-state index in [1.165, 1.54) is 6.33 Å². The lowest BCUT2D eigenvalue weighted by molar-refractivity contribution is -0.130. The number of hydrogen-bond acceptors (Lipinski definition) is 8. The Hall–Kier alpha value is -3.83. The first kappa shape index (κ1) is 25.4. The maximum atomic E-state index is 12.1. The molecule has 3 aliphatic rings. The number of benzene rings is 1. The van der Waals surface area contributed by atoms with Gasteiger partial charge in [-0.1, -0.05) is 0 Å². The Balaban J connectivity index is 1.48. The summed E-state index contributed by atoms with van der Waals surface area (Å²) < 4.78 is 7.77. The van der Waals surface area contributed by atoms with Crippen molar-refractivity contribution in [2.75, 3.05) is 36.9 Å². The summed E-state index contributed by atoms with van der Waals surface area (Å²) in [6, 6.07) is 9.29. The second-order valence-electron chi connectivity index (χ2n) is 11.0. The van der Waals surface area contributed by atoms with Crippen LogP contribution in [-0.4, -0.2) is 69.8 Å². The number of hydrogen-bond donors (Lipinski definition) is 1. The van der Waals surface area contributed by atoms with Gasteiger partial charge < -0.3 is 20.3 Å². The summed E-state index contributed by atoms with van der Waals surface area (Å²) in [5.74, 6) is 0.527. The fraction of sp³-hybridized carbons (Fsp3) is 0.464. The average molecular weight is 531 g/mol. The third kappa shape index (κ3) is 4.25. The standard InChI is InChI=1S/C28H36N9O2/c1-18-11-22(13-23(12-18)35-19(2)15-34(21(4)38)16-20(35)3)25-14-26(27-28(29)30-17-32-36(25)27)37(8-7-31-33-37)24-5-9-39-10-6-24/h7-8,11-14,17,19-20,24H,5-6,9-10,15-16H2,1-4H3,(H2,29,30,32)/q+1/t19-,20+,37?. The fourth-order valence-electron chi connectivity index (χ4n) is 6.55. The van der Waals surface area contributed by atoms with Crippen molar-refractivity contribution in [3.8, 4) is 11.3 Å². The molecule has 6 rings (SSSR count). The second-order valence-corrected chi connectivity index (χ2v) is 11.0. The first-order chi connectivity index (χ1) is 18.8. The smallest absolute Gasteiger partial charge is 0.219 e. The minimum absolute atomic E-state index is 0.123. The van der Waals surface area contributed by atoms with Gasteiger partial charge in [0.1, 0.15) is 24.8 Å². The highest BCUT2D eigenvalue weighted by Gasteiger charge is 2.45. The highest BCUT2D eigenvalue weighted by Crippen LogP contribution is 2.44. The third-order valence-corrected chi connectivity index (χ3v) is 8.28. The number of quaternary nitrogens is 1. The molecule has 2 fully saturated rings. The van der Waals surface area contributed by atoms with Crippen LogP contribution in [0.25, 0.3) is 16.8 Å². The van der Waals surface area contributed by atoms with E-state index in [0.29, 0.717) is 32.1 Å². The summed E-state index contributed by atoms with van der Waals surface area (Å²) in [4.78, 5) is 20.8. The van der Waals surface area contributed by atoms with Crippen molar-refractivity contribution in [1.82, 2.24) is 24.1 Å². The van der Waals surface area contributed by atoms with Gasteiger partial charge in [-0.2, -0.15) is 5.10 Å². The van der Waals surface area contributed by atoms with Crippen molar-refractivity contribution in [1.29, 1.82) is 0 Å². The monoisotopic (exact) mass is 530 g/mol. The van der Waals surface area contributed by atoms with Gasteiger partial charge in [0, 0.05) is 67.5 Å². The van der Waals surface area contributed by atoms with Crippen molar-refractivity contribution < 1.29 is 9.53 Å². The van der Waals surface area contributed by atoms with Crippen LogP contribution >= 0.6 is 0 Å². The average Bonchev–Trinajstić information content (AvgIpc) is 3.55. The molecule has 0 saturated carbocycles. The number of piperazine rings is 1. The van der Waals surface area contributed by atoms with Gasteiger partial charge in [0.2, 0.25) is 5.91 Å². The number of amides is 1. The van der Waals surface area contributed by atoms with Crippen LogP contribution in [-0.2, 0) is 9.53 Å². The zero-order valence-electron chi connectivity index (χ0n) is 23.0. The lowest BCUT2D eigenvalue weighted by atomic mass is 10.0. The molecule has 1 aromatic carbocycles. The summed E-state index contributed by atoms with van der Waals surface area (Å²) in [7, 11) is 0. The van der Waals surface area contributed by atoms with Gasteiger partial charge in [-0.25, -0.2) is 9.50 Å². The minimum Gasteiger partial charge on any atom is -0.382 e. The summed E-state index contributed by atoms with van der Waals surface area (Å²) in [6.45, 7) is 10.9. The zero-order valence-corrected chi connectivity index (χ0v) is 23.0. The van der Waals surface area contributed by atoms with Crippen LogP contribution in [0.3, 0.4) is 0 Å². The Morgan fingerprint density at radius 1 is 1.10 bits per heavy atom. The van der Waals surface area contributed by atoms with Crippen molar-refractivity contribution in [3.63, 3.8) is 0 Å². The van der Waals surface area contributed by atoms with Gasteiger partial charge in [0.25, 0.3) is 0 Å². The van der Waals surface area contributed by atoms with Gasteiger partial charge in [-0.05, 0) is 44.5 Å². The third-order valence-electron chi connectivity index (χ3n) is 8.28. The lowest BCUT2D eigenvalue weighted by Crippen LogP contribution is -2.58. The Morgan fingerprint density at radius 2 is 1.85 bits per heavy atom. The molecule has 204 valence electrons. The van der Waals surface area contributed by atoms with E-state index in [-0.39, 0.29) is 28.6 Å². The van der Waals surface area contributed by atoms with Gasteiger partial charge in [0.15, 0.2) is 17.0 Å². The lowest BCUT2D eigenvalue weighted by Gasteiger charge is -2.45. The summed E-state index contributed by atoms with van der Waals surface area (Å²) >= 11 is 0. The van der Waals surface area contributed by atoms with Crippen LogP contribution in [0, 0.1) is 6.92 Å². The fourth-order valence-corrected chi connectivity index (χ4v) is 6.55. The molecule has 0 aliphatic carbocycles. The molecule has 2 aromatic heterocycles. The maximum absolute atomic E-state index is 12.1. The van der Waals surface area contributed by atoms with Crippen LogP contribution < -0.4 is 15.2 Å². The van der Waals surface area contributed by atoms with Crippen LogP contribution in [0.15, 0.2) is 53.3 Å². The quantitative estimate of drug-likeness (QED) is 0.509. The van der Waals surface area contributed by atoms with E-state index in [2.05, 4.69) is 65.1 Å². The number of anilines is 2. The molecule has 3 aromatic rings. The maximum Gasteiger partial charge on any atom is 0.219 e. The minimum atomic E-state index is 0.123. The largest absolute Gasteiger partial charge is 0.382 e. The Labute approximate surface area is 228 Å². The number of aromatic nitrogens is 3. The molecular weight excluding hydrogens is 494 g/mol. The van der Waals surface area contributed by atoms with Gasteiger partial charge in [-0.15, -0.1) is 9.71 Å². The number of carbonyl (C=O) groups is 1. The molecule has 5 heterocycles. The molecule has 1 unspecified atom stereocenters. The molecule has 0 radical (unpaired) electrons. The van der Waals surface area contributed by atoms with Crippen molar-refractivity contribution in [2.45, 2.75) is 58.7 Å². The van der Waals surface area contributed by atoms with Crippen molar-refractivity contribution >= 4 is 28.6 Å². The topological polar surface area (TPSA) is 114 Å². The van der Waals surface area contributed by atoms with Crippen LogP contribution in [0.5, 0.6) is 0 Å².